The minimum absolute atomic E-state index is 0.613. The first-order valence-corrected chi connectivity index (χ1v) is 10.1. The molecule has 1 saturated heterocycles. The molecule has 0 N–H and O–H groups in total. The van der Waals surface area contributed by atoms with E-state index in [-0.39, 0.29) is 0 Å². The highest BCUT2D eigenvalue weighted by Gasteiger charge is 2.20. The van der Waals surface area contributed by atoms with Gasteiger partial charge in [0.25, 0.3) is 0 Å². The van der Waals surface area contributed by atoms with Gasteiger partial charge in [0.05, 0.1) is 13.2 Å². The van der Waals surface area contributed by atoms with Crippen molar-refractivity contribution in [2.75, 3.05) is 39.9 Å². The second-order valence-electron chi connectivity index (χ2n) is 7.33. The zero-order valence-corrected chi connectivity index (χ0v) is 15.6. The molecular weight excluding hydrogens is 304 g/mol. The topological polar surface area (TPSA) is 15.7 Å². The summed E-state index contributed by atoms with van der Waals surface area (Å²) < 4.78 is 5.46. The first-order valence-electron chi connectivity index (χ1n) is 9.31. The summed E-state index contributed by atoms with van der Waals surface area (Å²) in [4.78, 5) is 8.20. The van der Waals surface area contributed by atoms with Crippen LogP contribution in [-0.4, -0.2) is 55.7 Å². The van der Waals surface area contributed by atoms with Crippen LogP contribution >= 0.6 is 11.3 Å². The summed E-state index contributed by atoms with van der Waals surface area (Å²) in [6.45, 7) is 8.53. The Labute approximate surface area is 145 Å². The molecule has 130 valence electrons. The molecule has 1 aromatic heterocycles. The highest BCUT2D eigenvalue weighted by Crippen LogP contribution is 2.36. The Morgan fingerprint density at radius 1 is 1.22 bits per heavy atom. The summed E-state index contributed by atoms with van der Waals surface area (Å²) in [5.41, 5.74) is 0. The molecule has 23 heavy (non-hydrogen) atoms. The lowest BCUT2D eigenvalue weighted by Gasteiger charge is -2.34. The number of likely N-dealkylation sites (N-methyl/N-ethyl adjacent to an activating group) is 1. The quantitative estimate of drug-likeness (QED) is 0.782. The van der Waals surface area contributed by atoms with Gasteiger partial charge >= 0.3 is 0 Å². The van der Waals surface area contributed by atoms with Crippen LogP contribution in [0.1, 0.15) is 54.7 Å². The lowest BCUT2D eigenvalue weighted by Crippen LogP contribution is -2.46. The summed E-state index contributed by atoms with van der Waals surface area (Å²) in [5.74, 6) is 0.847. The smallest absolute Gasteiger partial charge is 0.0594 e. The number of rotatable bonds is 6. The van der Waals surface area contributed by atoms with Gasteiger partial charge in [-0.2, -0.15) is 0 Å². The summed E-state index contributed by atoms with van der Waals surface area (Å²) in [7, 11) is 2.26. The van der Waals surface area contributed by atoms with Crippen molar-refractivity contribution in [3.8, 4) is 0 Å². The highest BCUT2D eigenvalue weighted by molar-refractivity contribution is 7.12. The molecule has 1 atom stereocenters. The van der Waals surface area contributed by atoms with Crippen molar-refractivity contribution in [2.24, 2.45) is 0 Å². The van der Waals surface area contributed by atoms with Crippen LogP contribution in [0.4, 0.5) is 0 Å². The van der Waals surface area contributed by atoms with Gasteiger partial charge in [0.1, 0.15) is 0 Å². The molecule has 4 heteroatoms. The van der Waals surface area contributed by atoms with Crippen LogP contribution in [0, 0.1) is 0 Å². The minimum atomic E-state index is 0.613. The van der Waals surface area contributed by atoms with Gasteiger partial charge in [-0.25, -0.2) is 0 Å². The fourth-order valence-corrected chi connectivity index (χ4v) is 5.26. The van der Waals surface area contributed by atoms with Crippen molar-refractivity contribution < 1.29 is 4.74 Å². The fourth-order valence-electron chi connectivity index (χ4n) is 4.00. The van der Waals surface area contributed by atoms with Gasteiger partial charge in [-0.15, -0.1) is 11.3 Å². The van der Waals surface area contributed by atoms with Gasteiger partial charge in [0.2, 0.25) is 0 Å². The van der Waals surface area contributed by atoms with E-state index in [2.05, 4.69) is 47.2 Å². The largest absolute Gasteiger partial charge is 0.379 e. The van der Waals surface area contributed by atoms with E-state index in [4.69, 9.17) is 4.74 Å². The van der Waals surface area contributed by atoms with E-state index >= 15 is 0 Å². The number of thiophene rings is 1. The number of nitrogens with zero attached hydrogens (tertiary/aromatic N) is 2. The highest BCUT2D eigenvalue weighted by atomic mass is 32.1. The maximum atomic E-state index is 5.46. The van der Waals surface area contributed by atoms with E-state index < -0.39 is 0 Å². The molecule has 1 aliphatic carbocycles. The first-order chi connectivity index (χ1) is 11.2. The molecule has 2 heterocycles. The molecule has 3 rings (SSSR count). The Morgan fingerprint density at radius 2 is 1.96 bits per heavy atom. The van der Waals surface area contributed by atoms with Gasteiger partial charge in [-0.1, -0.05) is 19.3 Å². The molecule has 2 aliphatic rings. The van der Waals surface area contributed by atoms with Crippen molar-refractivity contribution in [1.29, 1.82) is 0 Å². The lowest BCUT2D eigenvalue weighted by atomic mass is 9.88. The Kier molecular flexibility index (Phi) is 6.52. The van der Waals surface area contributed by atoms with Crippen LogP contribution in [0.25, 0.3) is 0 Å². The van der Waals surface area contributed by atoms with Gasteiger partial charge in [-0.3, -0.25) is 9.80 Å². The third kappa shape index (κ3) is 5.02. The molecule has 0 amide bonds. The summed E-state index contributed by atoms with van der Waals surface area (Å²) in [6, 6.07) is 5.38. The van der Waals surface area contributed by atoms with Crippen LogP contribution in [0.3, 0.4) is 0 Å². The van der Waals surface area contributed by atoms with E-state index in [9.17, 15) is 0 Å². The molecule has 0 aromatic carbocycles. The summed E-state index contributed by atoms with van der Waals surface area (Å²) in [6.07, 6.45) is 7.11. The second-order valence-corrected chi connectivity index (χ2v) is 8.53. The van der Waals surface area contributed by atoms with E-state index in [1.165, 1.54) is 37.0 Å². The zero-order chi connectivity index (χ0) is 16.1. The van der Waals surface area contributed by atoms with Crippen molar-refractivity contribution >= 4 is 11.3 Å². The molecule has 1 aliphatic heterocycles. The molecule has 0 bridgehead atoms. The van der Waals surface area contributed by atoms with Crippen LogP contribution in [0.15, 0.2) is 12.1 Å². The van der Waals surface area contributed by atoms with Crippen molar-refractivity contribution in [2.45, 2.75) is 57.5 Å². The molecule has 1 aromatic rings. The third-order valence-corrected chi connectivity index (χ3v) is 6.59. The normalized spacial score (nSPS) is 22.6. The van der Waals surface area contributed by atoms with Crippen molar-refractivity contribution in [1.82, 2.24) is 9.80 Å². The average Bonchev–Trinajstić information content (AvgIpc) is 3.04. The molecule has 0 spiro atoms. The van der Waals surface area contributed by atoms with E-state index in [1.807, 2.05) is 0 Å². The Morgan fingerprint density at radius 3 is 2.70 bits per heavy atom. The summed E-state index contributed by atoms with van der Waals surface area (Å²) >= 11 is 2.06. The van der Waals surface area contributed by atoms with E-state index in [1.54, 1.807) is 4.88 Å². The molecule has 2 fully saturated rings. The predicted octanol–water partition coefficient (Wildman–Crippen LogP) is 3.95. The maximum absolute atomic E-state index is 5.46. The van der Waals surface area contributed by atoms with Gasteiger partial charge in [0.15, 0.2) is 0 Å². The predicted molar refractivity (Wildman–Crippen MR) is 98.3 cm³/mol. The van der Waals surface area contributed by atoms with E-state index in [0.717, 1.165) is 45.3 Å². The van der Waals surface area contributed by atoms with Crippen LogP contribution in [-0.2, 0) is 11.3 Å². The number of morpholine rings is 1. The third-order valence-electron chi connectivity index (χ3n) is 5.36. The van der Waals surface area contributed by atoms with E-state index in [0.29, 0.717) is 6.04 Å². The SMILES string of the molecule is C[C@@H](CN(C)Cc1ccc(C2CCCCC2)s1)N1CCOCC1. The molecule has 1 saturated carbocycles. The van der Waals surface area contributed by atoms with Crippen LogP contribution in [0.2, 0.25) is 0 Å². The second kappa shape index (κ2) is 8.61. The average molecular weight is 337 g/mol. The van der Waals surface area contributed by atoms with Gasteiger partial charge in [0, 0.05) is 42.0 Å². The first kappa shape index (κ1) is 17.4. The lowest BCUT2D eigenvalue weighted by molar-refractivity contribution is 0.0137. The number of hydrogen-bond donors (Lipinski definition) is 0. The standard InChI is InChI=1S/C19H32N2OS/c1-16(21-10-12-22-13-11-21)14-20(2)15-18-8-9-19(23-18)17-6-4-3-5-7-17/h8-9,16-17H,3-7,10-15H2,1-2H3/t16-/m0/s1. The number of ether oxygens (including phenoxy) is 1. The minimum Gasteiger partial charge on any atom is -0.379 e. The van der Waals surface area contributed by atoms with Crippen LogP contribution in [0.5, 0.6) is 0 Å². The monoisotopic (exact) mass is 336 g/mol. The Hall–Kier alpha value is -0.420. The van der Waals surface area contributed by atoms with Crippen molar-refractivity contribution in [3.63, 3.8) is 0 Å². The molecule has 0 radical (unpaired) electrons. The van der Waals surface area contributed by atoms with Crippen LogP contribution < -0.4 is 0 Å². The van der Waals surface area contributed by atoms with Gasteiger partial charge in [-0.05, 0) is 44.9 Å². The summed E-state index contributed by atoms with van der Waals surface area (Å²) in [5, 5.41) is 0. The molecule has 3 nitrogen and oxygen atoms in total. The maximum Gasteiger partial charge on any atom is 0.0594 e. The molecular formula is C19H32N2OS. The van der Waals surface area contributed by atoms with Gasteiger partial charge < -0.3 is 4.74 Å². The Balaban J connectivity index is 1.47. The fraction of sp³-hybridized carbons (Fsp3) is 0.789. The Bertz CT molecular complexity index is 464. The zero-order valence-electron chi connectivity index (χ0n) is 14.8. The molecule has 0 unspecified atom stereocenters. The number of hydrogen-bond acceptors (Lipinski definition) is 4. The van der Waals surface area contributed by atoms with Crippen molar-refractivity contribution in [3.05, 3.63) is 21.9 Å².